The third-order valence-corrected chi connectivity index (χ3v) is 4.80. The minimum atomic E-state index is -0.659. The summed E-state index contributed by atoms with van der Waals surface area (Å²) >= 11 is 0. The monoisotopic (exact) mass is 335 g/mol. The van der Waals surface area contributed by atoms with Crippen molar-refractivity contribution in [2.75, 3.05) is 0 Å². The molecule has 2 aromatic rings. The molecule has 0 N–H and O–H groups in total. The van der Waals surface area contributed by atoms with Crippen LogP contribution in [0.2, 0.25) is 0 Å². The Balaban J connectivity index is 1.62. The maximum absolute atomic E-state index is 12.7. The minimum Gasteiger partial charge on any atom is -0.324 e. The number of nitrogens with zero attached hydrogens (tertiary/aromatic N) is 1. The van der Waals surface area contributed by atoms with Crippen molar-refractivity contribution in [1.82, 2.24) is 5.06 Å². The first-order valence-corrected chi connectivity index (χ1v) is 8.47. The number of carbonyl (C=O) groups is 3. The van der Waals surface area contributed by atoms with E-state index < -0.39 is 17.8 Å². The van der Waals surface area contributed by atoms with E-state index in [2.05, 4.69) is 0 Å². The summed E-state index contributed by atoms with van der Waals surface area (Å²) in [5.41, 5.74) is 3.08. The van der Waals surface area contributed by atoms with E-state index in [1.54, 1.807) is 30.3 Å². The summed E-state index contributed by atoms with van der Waals surface area (Å²) in [7, 11) is 0. The number of rotatable bonds is 2. The van der Waals surface area contributed by atoms with Crippen LogP contribution in [0, 0.1) is 0 Å². The summed E-state index contributed by atoms with van der Waals surface area (Å²) in [6.45, 7) is 0. The molecule has 4 rings (SSSR count). The van der Waals surface area contributed by atoms with Crippen LogP contribution in [0.15, 0.2) is 42.5 Å². The lowest BCUT2D eigenvalue weighted by atomic mass is 9.97. The molecule has 0 atom stereocenters. The fourth-order valence-corrected chi connectivity index (χ4v) is 3.53. The lowest BCUT2D eigenvalue weighted by Gasteiger charge is -2.15. The van der Waals surface area contributed by atoms with Gasteiger partial charge in [-0.2, -0.15) is 0 Å². The summed E-state index contributed by atoms with van der Waals surface area (Å²) in [6.07, 6.45) is 4.99. The molecule has 1 heterocycles. The molecule has 1 aliphatic carbocycles. The highest BCUT2D eigenvalue weighted by Gasteiger charge is 2.39. The minimum absolute atomic E-state index is 0.257. The second kappa shape index (κ2) is 6.16. The van der Waals surface area contributed by atoms with Gasteiger partial charge < -0.3 is 4.84 Å². The van der Waals surface area contributed by atoms with Crippen molar-refractivity contribution in [3.63, 3.8) is 0 Å². The first-order valence-electron chi connectivity index (χ1n) is 8.47. The van der Waals surface area contributed by atoms with Crippen LogP contribution in [0.5, 0.6) is 0 Å². The normalized spacial score (nSPS) is 16.2. The van der Waals surface area contributed by atoms with Crippen LogP contribution in [-0.2, 0) is 17.7 Å². The highest BCUT2D eigenvalue weighted by atomic mass is 16.7. The van der Waals surface area contributed by atoms with Crippen LogP contribution in [0.4, 0.5) is 0 Å². The van der Waals surface area contributed by atoms with Crippen molar-refractivity contribution in [2.24, 2.45) is 0 Å². The summed E-state index contributed by atoms with van der Waals surface area (Å²) in [4.78, 5) is 42.6. The Labute approximate surface area is 145 Å². The number of carbonyl (C=O) groups excluding carboxylic acids is 3. The standard InChI is InChI=1S/C20H17NO4/c22-18-15-10-4-5-11-16(15)19(23)21(18)25-20(24)17-12-6-8-13-7-2-1-3-9-14(13)17/h4-6,8,10-12H,1-3,7,9H2. The number of amides is 2. The van der Waals surface area contributed by atoms with Gasteiger partial charge in [0.05, 0.1) is 16.7 Å². The summed E-state index contributed by atoms with van der Waals surface area (Å²) < 4.78 is 0. The molecule has 0 bridgehead atoms. The molecular formula is C20H17NO4. The van der Waals surface area contributed by atoms with Crippen LogP contribution in [-0.4, -0.2) is 22.8 Å². The van der Waals surface area contributed by atoms with E-state index in [0.717, 1.165) is 43.2 Å². The van der Waals surface area contributed by atoms with Crippen molar-refractivity contribution < 1.29 is 19.2 Å². The molecule has 2 aromatic carbocycles. The van der Waals surface area contributed by atoms with Crippen molar-refractivity contribution >= 4 is 17.8 Å². The number of aryl methyl sites for hydroxylation is 1. The van der Waals surface area contributed by atoms with Crippen molar-refractivity contribution in [3.05, 3.63) is 70.3 Å². The van der Waals surface area contributed by atoms with E-state index in [-0.39, 0.29) is 11.1 Å². The van der Waals surface area contributed by atoms with Crippen LogP contribution < -0.4 is 0 Å². The van der Waals surface area contributed by atoms with Gasteiger partial charge in [0, 0.05) is 0 Å². The summed E-state index contributed by atoms with van der Waals surface area (Å²) in [5, 5.41) is 0.573. The highest BCUT2D eigenvalue weighted by molar-refractivity contribution is 6.21. The predicted octanol–water partition coefficient (Wildman–Crippen LogP) is 3.32. The third kappa shape index (κ3) is 2.61. The molecule has 5 nitrogen and oxygen atoms in total. The fraction of sp³-hybridized carbons (Fsp3) is 0.250. The highest BCUT2D eigenvalue weighted by Crippen LogP contribution is 2.27. The van der Waals surface area contributed by atoms with Crippen LogP contribution in [0.25, 0.3) is 0 Å². The Morgan fingerprint density at radius 2 is 1.52 bits per heavy atom. The molecule has 5 heteroatoms. The van der Waals surface area contributed by atoms with Crippen molar-refractivity contribution in [2.45, 2.75) is 32.1 Å². The second-order valence-electron chi connectivity index (χ2n) is 6.33. The number of imide groups is 1. The fourth-order valence-electron chi connectivity index (χ4n) is 3.53. The Morgan fingerprint density at radius 1 is 0.840 bits per heavy atom. The van der Waals surface area contributed by atoms with Crippen LogP contribution in [0.3, 0.4) is 0 Å². The first kappa shape index (κ1) is 15.6. The Bertz CT molecular complexity index is 852. The number of hydroxylamine groups is 2. The van der Waals surface area contributed by atoms with E-state index in [1.807, 2.05) is 12.1 Å². The molecule has 126 valence electrons. The quantitative estimate of drug-likeness (QED) is 0.624. The SMILES string of the molecule is O=C(ON1C(=O)c2ccccc2C1=O)c1cccc2c1CCCCC2. The summed E-state index contributed by atoms with van der Waals surface area (Å²) in [6, 6.07) is 12.0. The first-order chi connectivity index (χ1) is 12.2. The van der Waals surface area contributed by atoms with Gasteiger partial charge >= 0.3 is 5.97 Å². The largest absolute Gasteiger partial charge is 0.364 e. The molecule has 0 saturated heterocycles. The Kier molecular flexibility index (Phi) is 3.84. The number of fused-ring (bicyclic) bond motifs is 2. The van der Waals surface area contributed by atoms with E-state index in [0.29, 0.717) is 10.6 Å². The van der Waals surface area contributed by atoms with E-state index >= 15 is 0 Å². The molecule has 0 fully saturated rings. The van der Waals surface area contributed by atoms with Gasteiger partial charge in [0.1, 0.15) is 0 Å². The maximum Gasteiger partial charge on any atom is 0.364 e. The van der Waals surface area contributed by atoms with Gasteiger partial charge in [-0.1, -0.05) is 35.7 Å². The smallest absolute Gasteiger partial charge is 0.324 e. The molecule has 0 aromatic heterocycles. The van der Waals surface area contributed by atoms with Gasteiger partial charge in [-0.05, 0) is 55.0 Å². The van der Waals surface area contributed by atoms with Gasteiger partial charge in [0.25, 0.3) is 11.8 Å². The molecular weight excluding hydrogens is 318 g/mol. The van der Waals surface area contributed by atoms with E-state index in [9.17, 15) is 14.4 Å². The Morgan fingerprint density at radius 3 is 2.24 bits per heavy atom. The van der Waals surface area contributed by atoms with Crippen LogP contribution >= 0.6 is 0 Å². The van der Waals surface area contributed by atoms with Gasteiger partial charge in [0.2, 0.25) is 0 Å². The van der Waals surface area contributed by atoms with E-state index in [4.69, 9.17) is 4.84 Å². The second-order valence-corrected chi connectivity index (χ2v) is 6.33. The molecule has 0 radical (unpaired) electrons. The van der Waals surface area contributed by atoms with Gasteiger partial charge in [-0.25, -0.2) is 4.79 Å². The molecule has 0 saturated carbocycles. The van der Waals surface area contributed by atoms with Gasteiger partial charge in [-0.3, -0.25) is 9.59 Å². The summed E-state index contributed by atoms with van der Waals surface area (Å²) in [5.74, 6) is -1.86. The van der Waals surface area contributed by atoms with E-state index in [1.165, 1.54) is 0 Å². The van der Waals surface area contributed by atoms with Gasteiger partial charge in [0.15, 0.2) is 0 Å². The zero-order chi connectivity index (χ0) is 17.4. The number of benzene rings is 2. The Hall–Kier alpha value is -2.95. The topological polar surface area (TPSA) is 63.7 Å². The average Bonchev–Trinajstić information content (AvgIpc) is 2.82. The van der Waals surface area contributed by atoms with Crippen LogP contribution in [0.1, 0.15) is 61.5 Å². The zero-order valence-electron chi connectivity index (χ0n) is 13.7. The zero-order valence-corrected chi connectivity index (χ0v) is 13.7. The molecule has 2 aliphatic rings. The number of hydrogen-bond acceptors (Lipinski definition) is 4. The molecule has 0 spiro atoms. The van der Waals surface area contributed by atoms with Gasteiger partial charge in [-0.15, -0.1) is 0 Å². The predicted molar refractivity (Wildman–Crippen MR) is 90.1 cm³/mol. The molecule has 25 heavy (non-hydrogen) atoms. The lowest BCUT2D eigenvalue weighted by molar-refractivity contribution is -0.0585. The average molecular weight is 335 g/mol. The maximum atomic E-state index is 12.7. The molecule has 2 amide bonds. The number of hydrogen-bond donors (Lipinski definition) is 0. The van der Waals surface area contributed by atoms with Crippen molar-refractivity contribution in [3.8, 4) is 0 Å². The molecule has 1 aliphatic heterocycles. The third-order valence-electron chi connectivity index (χ3n) is 4.80. The molecule has 0 unspecified atom stereocenters. The lowest BCUT2D eigenvalue weighted by Crippen LogP contribution is -2.33. The van der Waals surface area contributed by atoms with Crippen molar-refractivity contribution in [1.29, 1.82) is 0 Å².